The van der Waals surface area contributed by atoms with E-state index in [4.69, 9.17) is 16.3 Å². The van der Waals surface area contributed by atoms with Crippen molar-refractivity contribution in [2.45, 2.75) is 25.8 Å². The van der Waals surface area contributed by atoms with Gasteiger partial charge in [-0.25, -0.2) is 0 Å². The Hall–Kier alpha value is -2.05. The summed E-state index contributed by atoms with van der Waals surface area (Å²) >= 11 is 9.46. The zero-order chi connectivity index (χ0) is 18.8. The number of carbonyl (C=O) groups is 2. The topological polar surface area (TPSA) is 58.6 Å². The van der Waals surface area contributed by atoms with Crippen LogP contribution in [0.3, 0.4) is 0 Å². The normalized spacial score (nSPS) is 14.6. The van der Waals surface area contributed by atoms with Crippen LogP contribution in [0, 0.1) is 0 Å². The highest BCUT2D eigenvalue weighted by molar-refractivity contribution is 9.10. The van der Waals surface area contributed by atoms with Crippen molar-refractivity contribution in [3.05, 3.63) is 51.5 Å². The van der Waals surface area contributed by atoms with Crippen LogP contribution in [-0.4, -0.2) is 25.0 Å². The predicted molar refractivity (Wildman–Crippen MR) is 106 cm³/mol. The molecule has 5 nitrogen and oxygen atoms in total. The minimum atomic E-state index is -0.675. The van der Waals surface area contributed by atoms with Gasteiger partial charge in [0.15, 0.2) is 0 Å². The van der Waals surface area contributed by atoms with Gasteiger partial charge in [-0.15, -0.1) is 0 Å². The molecule has 1 aliphatic heterocycles. The molecule has 1 heterocycles. The summed E-state index contributed by atoms with van der Waals surface area (Å²) in [6.07, 6.45) is 1.04. The molecular weight excluding hydrogens is 420 g/mol. The van der Waals surface area contributed by atoms with Gasteiger partial charge in [0.1, 0.15) is 11.8 Å². The molecule has 0 spiro atoms. The van der Waals surface area contributed by atoms with Crippen molar-refractivity contribution in [2.75, 3.05) is 17.3 Å². The van der Waals surface area contributed by atoms with Crippen molar-refractivity contribution in [3.63, 3.8) is 0 Å². The molecule has 0 aromatic heterocycles. The highest BCUT2D eigenvalue weighted by atomic mass is 79.9. The lowest BCUT2D eigenvalue weighted by Crippen LogP contribution is -2.48. The van der Waals surface area contributed by atoms with E-state index in [1.807, 2.05) is 18.2 Å². The first-order chi connectivity index (χ1) is 12.4. The van der Waals surface area contributed by atoms with Crippen LogP contribution in [0.4, 0.5) is 11.4 Å². The number of nitrogens with one attached hydrogen (secondary N) is 1. The third-order valence-electron chi connectivity index (χ3n) is 4.36. The summed E-state index contributed by atoms with van der Waals surface area (Å²) in [7, 11) is 1.52. The molecule has 1 N–H and O–H groups in total. The van der Waals surface area contributed by atoms with E-state index in [1.165, 1.54) is 7.11 Å². The van der Waals surface area contributed by atoms with E-state index >= 15 is 0 Å². The van der Waals surface area contributed by atoms with Crippen LogP contribution in [0.1, 0.15) is 18.9 Å². The molecule has 1 atom stereocenters. The molecule has 0 radical (unpaired) electrons. The van der Waals surface area contributed by atoms with Gasteiger partial charge in [-0.1, -0.05) is 27.5 Å². The summed E-state index contributed by atoms with van der Waals surface area (Å²) in [6, 6.07) is 10.0. The van der Waals surface area contributed by atoms with Gasteiger partial charge < -0.3 is 10.1 Å². The minimum absolute atomic E-state index is 0.0690. The van der Waals surface area contributed by atoms with Gasteiger partial charge in [0.2, 0.25) is 11.8 Å². The Kier molecular flexibility index (Phi) is 5.53. The largest absolute Gasteiger partial charge is 0.495 e. The monoisotopic (exact) mass is 436 g/mol. The van der Waals surface area contributed by atoms with Gasteiger partial charge in [0, 0.05) is 21.6 Å². The highest BCUT2D eigenvalue weighted by Gasteiger charge is 2.32. The number of methoxy groups -OCH3 is 1. The lowest BCUT2D eigenvalue weighted by Gasteiger charge is -2.33. The van der Waals surface area contributed by atoms with Crippen LogP contribution in [0.25, 0.3) is 0 Å². The molecule has 0 saturated carbocycles. The van der Waals surface area contributed by atoms with Gasteiger partial charge in [-0.05, 0) is 55.3 Å². The second-order valence-electron chi connectivity index (χ2n) is 6.05. The highest BCUT2D eigenvalue weighted by Crippen LogP contribution is 2.33. The first kappa shape index (κ1) is 18.7. The Morgan fingerprint density at radius 3 is 2.77 bits per heavy atom. The van der Waals surface area contributed by atoms with Gasteiger partial charge in [0.25, 0.3) is 0 Å². The average Bonchev–Trinajstić information content (AvgIpc) is 2.61. The number of benzene rings is 2. The number of halogens is 2. The lowest BCUT2D eigenvalue weighted by atomic mass is 9.99. The number of anilines is 2. The Labute approximate surface area is 165 Å². The molecule has 2 aromatic rings. The van der Waals surface area contributed by atoms with E-state index in [1.54, 1.807) is 30.0 Å². The summed E-state index contributed by atoms with van der Waals surface area (Å²) in [4.78, 5) is 26.9. The molecule has 26 heavy (non-hydrogen) atoms. The number of hydrogen-bond donors (Lipinski definition) is 1. The SMILES string of the molecule is COc1ccc(Cl)cc1NC(=O)C(C)N1C(=O)CCc2cc(Br)ccc21. The quantitative estimate of drug-likeness (QED) is 0.770. The number of fused-ring (bicyclic) bond motifs is 1. The van der Waals surface area contributed by atoms with E-state index in [-0.39, 0.29) is 11.8 Å². The zero-order valence-electron chi connectivity index (χ0n) is 14.4. The first-order valence-electron chi connectivity index (χ1n) is 8.15. The van der Waals surface area contributed by atoms with E-state index in [0.717, 1.165) is 15.7 Å². The number of amides is 2. The maximum atomic E-state index is 12.8. The van der Waals surface area contributed by atoms with E-state index in [0.29, 0.717) is 29.3 Å². The standard InChI is InChI=1S/C19H18BrClN2O3/c1-11(19(25)22-15-10-14(21)5-7-17(15)26-2)23-16-6-4-13(20)9-12(16)3-8-18(23)24/h4-7,9-11H,3,8H2,1-2H3,(H,22,25). The second-order valence-corrected chi connectivity index (χ2v) is 7.40. The van der Waals surface area contributed by atoms with Crippen molar-refractivity contribution < 1.29 is 14.3 Å². The molecule has 136 valence electrons. The van der Waals surface area contributed by atoms with Crippen molar-refractivity contribution in [1.29, 1.82) is 0 Å². The minimum Gasteiger partial charge on any atom is -0.495 e. The van der Waals surface area contributed by atoms with Crippen molar-refractivity contribution in [3.8, 4) is 5.75 Å². The number of nitrogens with zero attached hydrogens (tertiary/aromatic N) is 1. The van der Waals surface area contributed by atoms with Crippen molar-refractivity contribution >= 4 is 50.7 Å². The third-order valence-corrected chi connectivity index (χ3v) is 5.09. The predicted octanol–water partition coefficient (Wildman–Crippen LogP) is 4.42. The maximum Gasteiger partial charge on any atom is 0.247 e. The van der Waals surface area contributed by atoms with Crippen LogP contribution in [0.2, 0.25) is 5.02 Å². The van der Waals surface area contributed by atoms with Crippen LogP contribution in [0.15, 0.2) is 40.9 Å². The Balaban J connectivity index is 1.87. The number of aryl methyl sites for hydroxylation is 1. The Morgan fingerprint density at radius 1 is 1.27 bits per heavy atom. The number of hydrogen-bond acceptors (Lipinski definition) is 3. The Bertz CT molecular complexity index is 872. The van der Waals surface area contributed by atoms with Gasteiger partial charge in [-0.3, -0.25) is 14.5 Å². The lowest BCUT2D eigenvalue weighted by molar-refractivity contribution is -0.123. The fourth-order valence-corrected chi connectivity index (χ4v) is 3.62. The van der Waals surface area contributed by atoms with E-state index in [2.05, 4.69) is 21.2 Å². The summed E-state index contributed by atoms with van der Waals surface area (Å²) in [6.45, 7) is 1.71. The Morgan fingerprint density at radius 2 is 2.04 bits per heavy atom. The van der Waals surface area contributed by atoms with Gasteiger partial charge >= 0.3 is 0 Å². The number of rotatable bonds is 4. The summed E-state index contributed by atoms with van der Waals surface area (Å²) in [5, 5.41) is 3.29. The van der Waals surface area contributed by atoms with Crippen LogP contribution >= 0.6 is 27.5 Å². The zero-order valence-corrected chi connectivity index (χ0v) is 16.7. The molecule has 1 aliphatic rings. The molecule has 0 saturated heterocycles. The smallest absolute Gasteiger partial charge is 0.247 e. The van der Waals surface area contributed by atoms with Gasteiger partial charge in [-0.2, -0.15) is 0 Å². The molecule has 7 heteroatoms. The van der Waals surface area contributed by atoms with E-state index in [9.17, 15) is 9.59 Å². The summed E-state index contributed by atoms with van der Waals surface area (Å²) < 4.78 is 6.21. The average molecular weight is 438 g/mol. The fraction of sp³-hybridized carbons (Fsp3) is 0.263. The van der Waals surface area contributed by atoms with Crippen LogP contribution in [0.5, 0.6) is 5.75 Å². The van der Waals surface area contributed by atoms with Crippen LogP contribution in [-0.2, 0) is 16.0 Å². The van der Waals surface area contributed by atoms with Crippen LogP contribution < -0.4 is 15.0 Å². The fourth-order valence-electron chi connectivity index (χ4n) is 3.04. The van der Waals surface area contributed by atoms with Crippen molar-refractivity contribution in [2.24, 2.45) is 0 Å². The molecule has 2 amide bonds. The first-order valence-corrected chi connectivity index (χ1v) is 9.32. The molecule has 1 unspecified atom stereocenters. The molecule has 0 bridgehead atoms. The number of ether oxygens (including phenoxy) is 1. The third kappa shape index (κ3) is 3.71. The molecule has 0 aliphatic carbocycles. The van der Waals surface area contributed by atoms with Gasteiger partial charge in [0.05, 0.1) is 12.8 Å². The summed E-state index contributed by atoms with van der Waals surface area (Å²) in [5.41, 5.74) is 2.28. The number of carbonyl (C=O) groups excluding carboxylic acids is 2. The maximum absolute atomic E-state index is 12.8. The second kappa shape index (κ2) is 7.68. The molecule has 3 rings (SSSR count). The molecule has 0 fully saturated rings. The van der Waals surface area contributed by atoms with E-state index < -0.39 is 6.04 Å². The summed E-state index contributed by atoms with van der Waals surface area (Å²) in [5.74, 6) is 0.125. The molecular formula is C19H18BrClN2O3. The van der Waals surface area contributed by atoms with Crippen molar-refractivity contribution in [1.82, 2.24) is 0 Å². The molecule has 2 aromatic carbocycles.